The van der Waals surface area contributed by atoms with Crippen molar-refractivity contribution in [3.8, 4) is 0 Å². The van der Waals surface area contributed by atoms with E-state index >= 15 is 0 Å². The zero-order valence-corrected chi connectivity index (χ0v) is 10.9. The average molecular weight is 234 g/mol. The van der Waals surface area contributed by atoms with Crippen LogP contribution < -0.4 is 10.6 Å². The summed E-state index contributed by atoms with van der Waals surface area (Å²) in [4.78, 5) is 14.0. The van der Waals surface area contributed by atoms with E-state index in [0.717, 1.165) is 12.1 Å². The topological polar surface area (TPSA) is 46.3 Å². The van der Waals surface area contributed by atoms with Crippen LogP contribution in [0.5, 0.6) is 0 Å². The fourth-order valence-corrected chi connectivity index (χ4v) is 1.75. The standard InChI is InChI=1S/C14H22N2O/c1-4-11(3)13(15)14(17)16(5-2)12-9-7-6-8-10-12/h6-11,13H,4-5,15H2,1-3H3/t11-,13-/m0/s1. The molecule has 0 aliphatic heterocycles. The number of carbonyl (C=O) groups excluding carboxylic acids is 1. The predicted octanol–water partition coefficient (Wildman–Crippen LogP) is 2.41. The number of nitrogens with zero attached hydrogens (tertiary/aromatic N) is 1. The van der Waals surface area contributed by atoms with Crippen molar-refractivity contribution in [3.63, 3.8) is 0 Å². The number of nitrogens with two attached hydrogens (primary N) is 1. The fourth-order valence-electron chi connectivity index (χ4n) is 1.75. The molecule has 0 bridgehead atoms. The smallest absolute Gasteiger partial charge is 0.244 e. The first-order valence-electron chi connectivity index (χ1n) is 6.23. The monoisotopic (exact) mass is 234 g/mol. The van der Waals surface area contributed by atoms with Gasteiger partial charge < -0.3 is 10.6 Å². The fraction of sp³-hybridized carbons (Fsp3) is 0.500. The maximum absolute atomic E-state index is 12.3. The summed E-state index contributed by atoms with van der Waals surface area (Å²) >= 11 is 0. The van der Waals surface area contributed by atoms with Crippen LogP contribution in [0.15, 0.2) is 30.3 Å². The Kier molecular flexibility index (Phi) is 5.16. The van der Waals surface area contributed by atoms with Crippen LogP contribution in [0, 0.1) is 5.92 Å². The van der Waals surface area contributed by atoms with E-state index in [1.807, 2.05) is 44.2 Å². The first kappa shape index (κ1) is 13.7. The van der Waals surface area contributed by atoms with Gasteiger partial charge in [0.2, 0.25) is 5.91 Å². The van der Waals surface area contributed by atoms with Crippen LogP contribution in [0.25, 0.3) is 0 Å². The normalized spacial score (nSPS) is 14.1. The molecule has 1 aromatic rings. The summed E-state index contributed by atoms with van der Waals surface area (Å²) in [6, 6.07) is 9.26. The van der Waals surface area contributed by atoms with Crippen LogP contribution in [0.1, 0.15) is 27.2 Å². The molecule has 2 atom stereocenters. The SMILES string of the molecule is CC[C@H](C)[C@H](N)C(=O)N(CC)c1ccccc1. The predicted molar refractivity (Wildman–Crippen MR) is 71.9 cm³/mol. The van der Waals surface area contributed by atoms with Gasteiger partial charge in [0.25, 0.3) is 0 Å². The van der Waals surface area contributed by atoms with E-state index in [1.165, 1.54) is 0 Å². The molecule has 0 saturated heterocycles. The molecule has 0 unspecified atom stereocenters. The number of benzene rings is 1. The molecule has 1 rings (SSSR count). The highest BCUT2D eigenvalue weighted by Crippen LogP contribution is 2.16. The second kappa shape index (κ2) is 6.40. The second-order valence-electron chi connectivity index (χ2n) is 4.33. The van der Waals surface area contributed by atoms with Crippen LogP contribution >= 0.6 is 0 Å². The Balaban J connectivity index is 2.85. The molecule has 3 heteroatoms. The lowest BCUT2D eigenvalue weighted by Crippen LogP contribution is -2.47. The molecule has 1 amide bonds. The average Bonchev–Trinajstić information content (AvgIpc) is 2.38. The van der Waals surface area contributed by atoms with Crippen LogP contribution in [-0.2, 0) is 4.79 Å². The molecule has 0 aliphatic carbocycles. The minimum absolute atomic E-state index is 0.00745. The first-order chi connectivity index (χ1) is 8.11. The lowest BCUT2D eigenvalue weighted by Gasteiger charge is -2.27. The van der Waals surface area contributed by atoms with E-state index in [1.54, 1.807) is 4.90 Å². The third-order valence-electron chi connectivity index (χ3n) is 3.19. The molecule has 0 saturated carbocycles. The van der Waals surface area contributed by atoms with Crippen molar-refractivity contribution in [1.29, 1.82) is 0 Å². The van der Waals surface area contributed by atoms with Gasteiger partial charge in [0, 0.05) is 12.2 Å². The van der Waals surface area contributed by atoms with Gasteiger partial charge in [0.1, 0.15) is 0 Å². The van der Waals surface area contributed by atoms with E-state index in [9.17, 15) is 4.79 Å². The summed E-state index contributed by atoms with van der Waals surface area (Å²) < 4.78 is 0. The van der Waals surface area contributed by atoms with Crippen molar-refractivity contribution in [2.45, 2.75) is 33.2 Å². The van der Waals surface area contributed by atoms with Gasteiger partial charge in [-0.25, -0.2) is 0 Å². The highest BCUT2D eigenvalue weighted by Gasteiger charge is 2.24. The van der Waals surface area contributed by atoms with Crippen molar-refractivity contribution in [3.05, 3.63) is 30.3 Å². The minimum atomic E-state index is -0.417. The Morgan fingerprint density at radius 1 is 1.29 bits per heavy atom. The molecule has 3 nitrogen and oxygen atoms in total. The summed E-state index contributed by atoms with van der Waals surface area (Å²) in [7, 11) is 0. The Bertz CT molecular complexity index is 350. The molecule has 0 aromatic heterocycles. The van der Waals surface area contributed by atoms with Crippen molar-refractivity contribution < 1.29 is 4.79 Å². The number of para-hydroxylation sites is 1. The maximum atomic E-state index is 12.3. The Hall–Kier alpha value is -1.35. The van der Waals surface area contributed by atoms with E-state index in [0.29, 0.717) is 6.54 Å². The quantitative estimate of drug-likeness (QED) is 0.850. The van der Waals surface area contributed by atoms with Crippen LogP contribution in [-0.4, -0.2) is 18.5 Å². The van der Waals surface area contributed by atoms with E-state index in [-0.39, 0.29) is 11.8 Å². The molecular weight excluding hydrogens is 212 g/mol. The van der Waals surface area contributed by atoms with E-state index in [4.69, 9.17) is 5.73 Å². The molecular formula is C14H22N2O. The van der Waals surface area contributed by atoms with E-state index < -0.39 is 6.04 Å². The number of carbonyl (C=O) groups is 1. The van der Waals surface area contributed by atoms with Gasteiger partial charge in [-0.1, -0.05) is 38.5 Å². The molecule has 0 spiro atoms. The summed E-state index contributed by atoms with van der Waals surface area (Å²) in [6.45, 7) is 6.68. The number of hydrogen-bond acceptors (Lipinski definition) is 2. The summed E-state index contributed by atoms with van der Waals surface area (Å²) in [5, 5.41) is 0. The molecule has 0 heterocycles. The molecule has 94 valence electrons. The van der Waals surface area contributed by atoms with Crippen LogP contribution in [0.2, 0.25) is 0 Å². The summed E-state index contributed by atoms with van der Waals surface area (Å²) in [6.07, 6.45) is 0.916. The third-order valence-corrected chi connectivity index (χ3v) is 3.19. The minimum Gasteiger partial charge on any atom is -0.320 e. The molecule has 0 aliphatic rings. The van der Waals surface area contributed by atoms with Crippen LogP contribution in [0.3, 0.4) is 0 Å². The molecule has 0 radical (unpaired) electrons. The zero-order chi connectivity index (χ0) is 12.8. The number of rotatable bonds is 5. The lowest BCUT2D eigenvalue weighted by atomic mass is 9.98. The van der Waals surface area contributed by atoms with Gasteiger partial charge in [0.15, 0.2) is 0 Å². The number of amides is 1. The van der Waals surface area contributed by atoms with Gasteiger partial charge in [-0.3, -0.25) is 4.79 Å². The highest BCUT2D eigenvalue weighted by atomic mass is 16.2. The van der Waals surface area contributed by atoms with Crippen molar-refractivity contribution >= 4 is 11.6 Å². The highest BCUT2D eigenvalue weighted by molar-refractivity contribution is 5.97. The van der Waals surface area contributed by atoms with Gasteiger partial charge in [-0.2, -0.15) is 0 Å². The largest absolute Gasteiger partial charge is 0.320 e. The Morgan fingerprint density at radius 3 is 2.35 bits per heavy atom. The van der Waals surface area contributed by atoms with Crippen molar-refractivity contribution in [2.75, 3.05) is 11.4 Å². The van der Waals surface area contributed by atoms with Gasteiger partial charge in [0.05, 0.1) is 6.04 Å². The molecule has 17 heavy (non-hydrogen) atoms. The summed E-state index contributed by atoms with van der Waals surface area (Å²) in [5.74, 6) is 0.216. The van der Waals surface area contributed by atoms with Gasteiger partial charge in [-0.15, -0.1) is 0 Å². The Labute approximate surface area is 104 Å². The number of likely N-dealkylation sites (N-methyl/N-ethyl adjacent to an activating group) is 1. The zero-order valence-electron chi connectivity index (χ0n) is 10.9. The van der Waals surface area contributed by atoms with E-state index in [2.05, 4.69) is 6.92 Å². The number of anilines is 1. The van der Waals surface area contributed by atoms with Crippen LogP contribution in [0.4, 0.5) is 5.69 Å². The third kappa shape index (κ3) is 3.30. The lowest BCUT2D eigenvalue weighted by molar-refractivity contribution is -0.120. The van der Waals surface area contributed by atoms with Crippen molar-refractivity contribution in [1.82, 2.24) is 0 Å². The first-order valence-corrected chi connectivity index (χ1v) is 6.23. The number of hydrogen-bond donors (Lipinski definition) is 1. The van der Waals surface area contributed by atoms with Gasteiger partial charge >= 0.3 is 0 Å². The van der Waals surface area contributed by atoms with Crippen molar-refractivity contribution in [2.24, 2.45) is 11.7 Å². The molecule has 2 N–H and O–H groups in total. The molecule has 1 aromatic carbocycles. The molecule has 0 fully saturated rings. The Morgan fingerprint density at radius 2 is 1.88 bits per heavy atom. The van der Waals surface area contributed by atoms with Gasteiger partial charge in [-0.05, 0) is 25.0 Å². The summed E-state index contributed by atoms with van der Waals surface area (Å²) in [5.41, 5.74) is 6.91. The maximum Gasteiger partial charge on any atom is 0.244 e. The second-order valence-corrected chi connectivity index (χ2v) is 4.33.